The molecular weight excluding hydrogens is 400 g/mol. The minimum absolute atomic E-state index is 0.0474. The SMILES string of the molecule is CCN(C(=O)C1CCCN(c2ncnc3c2nc2n3CCCCC2)C1)c1ccccc1C. The molecule has 0 bridgehead atoms. The Morgan fingerprint density at radius 1 is 1.12 bits per heavy atom. The van der Waals surface area contributed by atoms with E-state index in [0.29, 0.717) is 13.1 Å². The number of anilines is 2. The summed E-state index contributed by atoms with van der Waals surface area (Å²) in [6, 6.07) is 8.14. The highest BCUT2D eigenvalue weighted by Crippen LogP contribution is 2.31. The van der Waals surface area contributed by atoms with Crippen molar-refractivity contribution in [3.63, 3.8) is 0 Å². The monoisotopic (exact) mass is 432 g/mol. The van der Waals surface area contributed by atoms with E-state index in [2.05, 4.69) is 39.3 Å². The van der Waals surface area contributed by atoms with Crippen molar-refractivity contribution < 1.29 is 4.79 Å². The lowest BCUT2D eigenvalue weighted by molar-refractivity contribution is -0.122. The van der Waals surface area contributed by atoms with Crippen molar-refractivity contribution in [2.24, 2.45) is 5.92 Å². The normalized spacial score (nSPS) is 18.9. The molecule has 0 N–H and O–H groups in total. The molecule has 0 aliphatic carbocycles. The molecule has 2 aliphatic rings. The summed E-state index contributed by atoms with van der Waals surface area (Å²) in [6.45, 7) is 7.34. The van der Waals surface area contributed by atoms with Crippen LogP contribution in [0.15, 0.2) is 30.6 Å². The van der Waals surface area contributed by atoms with Crippen LogP contribution in [0.2, 0.25) is 0 Å². The van der Waals surface area contributed by atoms with Gasteiger partial charge in [-0.25, -0.2) is 15.0 Å². The minimum Gasteiger partial charge on any atom is -0.354 e. The zero-order valence-electron chi connectivity index (χ0n) is 19.1. The first-order valence-corrected chi connectivity index (χ1v) is 12.0. The van der Waals surface area contributed by atoms with Crippen LogP contribution in [0.4, 0.5) is 11.5 Å². The van der Waals surface area contributed by atoms with Gasteiger partial charge in [0.05, 0.1) is 5.92 Å². The van der Waals surface area contributed by atoms with E-state index in [4.69, 9.17) is 4.98 Å². The fourth-order valence-corrected chi connectivity index (χ4v) is 5.26. The van der Waals surface area contributed by atoms with Crippen LogP contribution in [0.1, 0.15) is 50.4 Å². The van der Waals surface area contributed by atoms with E-state index in [0.717, 1.165) is 66.4 Å². The standard InChI is InChI=1S/C25H32N6O/c1-3-30(20-12-7-6-10-18(20)2)25(32)19-11-9-14-29(16-19)23-22-24(27-17-26-23)31-15-8-4-5-13-21(31)28-22/h6-7,10,12,17,19H,3-5,8-9,11,13-16H2,1-2H3. The molecule has 1 saturated heterocycles. The van der Waals surface area contributed by atoms with Crippen molar-refractivity contribution in [2.45, 2.75) is 58.9 Å². The van der Waals surface area contributed by atoms with Crippen LogP contribution in [0.25, 0.3) is 11.2 Å². The second-order valence-electron chi connectivity index (χ2n) is 9.01. The number of fused-ring (bicyclic) bond motifs is 3. The molecule has 1 aromatic carbocycles. The lowest BCUT2D eigenvalue weighted by atomic mass is 9.95. The molecule has 7 nitrogen and oxygen atoms in total. The third kappa shape index (κ3) is 3.74. The van der Waals surface area contributed by atoms with Gasteiger partial charge < -0.3 is 14.4 Å². The molecule has 3 aromatic rings. The van der Waals surface area contributed by atoms with E-state index < -0.39 is 0 Å². The second kappa shape index (κ2) is 8.88. The van der Waals surface area contributed by atoms with Gasteiger partial charge in [-0.05, 0) is 51.2 Å². The third-order valence-electron chi connectivity index (χ3n) is 6.93. The highest BCUT2D eigenvalue weighted by Gasteiger charge is 2.32. The predicted molar refractivity (Wildman–Crippen MR) is 127 cm³/mol. The average molecular weight is 433 g/mol. The van der Waals surface area contributed by atoms with Gasteiger partial charge in [0.25, 0.3) is 0 Å². The molecule has 0 spiro atoms. The number of rotatable bonds is 4. The molecule has 0 radical (unpaired) electrons. The number of hydrogen-bond acceptors (Lipinski definition) is 5. The number of amides is 1. The number of aryl methyl sites for hydroxylation is 3. The number of para-hydroxylation sites is 1. The number of benzene rings is 1. The summed E-state index contributed by atoms with van der Waals surface area (Å²) in [6.07, 6.45) is 8.13. The van der Waals surface area contributed by atoms with Crippen LogP contribution in [-0.4, -0.2) is 45.1 Å². The quantitative estimate of drug-likeness (QED) is 0.620. The zero-order chi connectivity index (χ0) is 22.1. The Bertz CT molecular complexity index is 1120. The molecule has 168 valence electrons. The molecule has 4 heterocycles. The van der Waals surface area contributed by atoms with Crippen molar-refractivity contribution in [1.29, 1.82) is 0 Å². The Morgan fingerprint density at radius 3 is 2.84 bits per heavy atom. The van der Waals surface area contributed by atoms with Crippen LogP contribution in [0, 0.1) is 12.8 Å². The van der Waals surface area contributed by atoms with Gasteiger partial charge in [-0.1, -0.05) is 24.6 Å². The lowest BCUT2D eigenvalue weighted by Gasteiger charge is -2.35. The second-order valence-corrected chi connectivity index (χ2v) is 9.01. The first-order valence-electron chi connectivity index (χ1n) is 12.0. The number of piperidine rings is 1. The van der Waals surface area contributed by atoms with Crippen molar-refractivity contribution in [3.05, 3.63) is 42.0 Å². The first-order chi connectivity index (χ1) is 15.7. The molecule has 7 heteroatoms. The van der Waals surface area contributed by atoms with Gasteiger partial charge in [-0.15, -0.1) is 0 Å². The van der Waals surface area contributed by atoms with Gasteiger partial charge in [-0.2, -0.15) is 0 Å². The summed E-state index contributed by atoms with van der Waals surface area (Å²) >= 11 is 0. The maximum atomic E-state index is 13.6. The van der Waals surface area contributed by atoms with Crippen LogP contribution >= 0.6 is 0 Å². The largest absolute Gasteiger partial charge is 0.354 e. The Balaban J connectivity index is 1.42. The molecule has 5 rings (SSSR count). The molecule has 1 fully saturated rings. The summed E-state index contributed by atoms with van der Waals surface area (Å²) < 4.78 is 2.27. The van der Waals surface area contributed by atoms with Crippen molar-refractivity contribution >= 4 is 28.6 Å². The molecule has 0 saturated carbocycles. The Labute approximate surface area is 189 Å². The summed E-state index contributed by atoms with van der Waals surface area (Å²) in [5.41, 5.74) is 3.98. The van der Waals surface area contributed by atoms with Crippen LogP contribution in [0.5, 0.6) is 0 Å². The smallest absolute Gasteiger partial charge is 0.231 e. The Morgan fingerprint density at radius 2 is 2.00 bits per heavy atom. The van der Waals surface area contributed by atoms with E-state index in [9.17, 15) is 4.79 Å². The molecule has 1 unspecified atom stereocenters. The number of aromatic nitrogens is 4. The Hall–Kier alpha value is -2.96. The van der Waals surface area contributed by atoms with Crippen molar-refractivity contribution in [2.75, 3.05) is 29.4 Å². The summed E-state index contributed by atoms with van der Waals surface area (Å²) in [5.74, 6) is 2.17. The zero-order valence-corrected chi connectivity index (χ0v) is 19.1. The molecule has 1 amide bonds. The van der Waals surface area contributed by atoms with Gasteiger partial charge in [0, 0.05) is 38.3 Å². The lowest BCUT2D eigenvalue weighted by Crippen LogP contribution is -2.45. The number of carbonyl (C=O) groups is 1. The van der Waals surface area contributed by atoms with Crippen LogP contribution in [-0.2, 0) is 17.8 Å². The summed E-state index contributed by atoms with van der Waals surface area (Å²) in [4.78, 5) is 32.0. The number of carbonyl (C=O) groups excluding carboxylic acids is 1. The van der Waals surface area contributed by atoms with E-state index in [1.165, 1.54) is 19.3 Å². The fourth-order valence-electron chi connectivity index (χ4n) is 5.26. The topological polar surface area (TPSA) is 67.2 Å². The first kappa shape index (κ1) is 20.9. The molecular formula is C25H32N6O. The fraction of sp³-hybridized carbons (Fsp3) is 0.520. The maximum Gasteiger partial charge on any atom is 0.231 e. The van der Waals surface area contributed by atoms with Gasteiger partial charge in [0.2, 0.25) is 5.91 Å². The molecule has 2 aliphatic heterocycles. The molecule has 1 atom stereocenters. The van der Waals surface area contributed by atoms with E-state index in [1.54, 1.807) is 6.33 Å². The molecule has 32 heavy (non-hydrogen) atoms. The predicted octanol–water partition coefficient (Wildman–Crippen LogP) is 4.13. The van der Waals surface area contributed by atoms with Gasteiger partial charge in [0.1, 0.15) is 12.2 Å². The summed E-state index contributed by atoms with van der Waals surface area (Å²) in [5, 5.41) is 0. The summed E-state index contributed by atoms with van der Waals surface area (Å²) in [7, 11) is 0. The van der Waals surface area contributed by atoms with Crippen LogP contribution in [0.3, 0.4) is 0 Å². The van der Waals surface area contributed by atoms with Crippen molar-refractivity contribution in [3.8, 4) is 0 Å². The van der Waals surface area contributed by atoms with E-state index >= 15 is 0 Å². The van der Waals surface area contributed by atoms with Gasteiger partial charge >= 0.3 is 0 Å². The van der Waals surface area contributed by atoms with E-state index in [1.807, 2.05) is 23.1 Å². The highest BCUT2D eigenvalue weighted by atomic mass is 16.2. The Kier molecular flexibility index (Phi) is 5.81. The number of hydrogen-bond donors (Lipinski definition) is 0. The molecule has 2 aromatic heterocycles. The highest BCUT2D eigenvalue weighted by molar-refractivity contribution is 5.96. The third-order valence-corrected chi connectivity index (χ3v) is 6.93. The van der Waals surface area contributed by atoms with Crippen molar-refractivity contribution in [1.82, 2.24) is 19.5 Å². The van der Waals surface area contributed by atoms with Crippen LogP contribution < -0.4 is 9.80 Å². The van der Waals surface area contributed by atoms with E-state index in [-0.39, 0.29) is 11.8 Å². The average Bonchev–Trinajstić information content (AvgIpc) is 3.01. The number of nitrogens with zero attached hydrogens (tertiary/aromatic N) is 6. The number of imidazole rings is 1. The maximum absolute atomic E-state index is 13.6. The minimum atomic E-state index is -0.0474. The van der Waals surface area contributed by atoms with Gasteiger partial charge in [-0.3, -0.25) is 4.79 Å². The van der Waals surface area contributed by atoms with Gasteiger partial charge in [0.15, 0.2) is 17.0 Å².